The normalized spacial score (nSPS) is 10.5. The molecule has 3 rings (SSSR count). The fraction of sp³-hybridized carbons (Fsp3) is 0.294. The maximum Gasteiger partial charge on any atom is 0.156 e. The Morgan fingerprint density at radius 2 is 1.73 bits per heavy atom. The molecule has 0 saturated carbocycles. The number of anilines is 1. The predicted molar refractivity (Wildman–Crippen MR) is 113 cm³/mol. The molecule has 0 amide bonds. The van der Waals surface area contributed by atoms with Crippen LogP contribution in [-0.2, 0) is 0 Å². The predicted octanol–water partition coefficient (Wildman–Crippen LogP) is 5.40. The van der Waals surface area contributed by atoms with Crippen LogP contribution >= 0.6 is 48.0 Å². The number of furan rings is 1. The van der Waals surface area contributed by atoms with Crippen molar-refractivity contribution in [1.29, 1.82) is 0 Å². The Balaban J connectivity index is 0.00000169. The minimum Gasteiger partial charge on any atom is -0.463 e. The van der Waals surface area contributed by atoms with E-state index < -0.39 is 0 Å². The molecule has 0 saturated heterocycles. The van der Waals surface area contributed by atoms with Crippen molar-refractivity contribution in [2.45, 2.75) is 6.42 Å². The molecular weight excluding hydrogens is 418 g/mol. The number of aromatic nitrogens is 2. The van der Waals surface area contributed by atoms with E-state index in [4.69, 9.17) is 27.6 Å². The van der Waals surface area contributed by atoms with Gasteiger partial charge in [0.15, 0.2) is 11.6 Å². The number of hydrogen-bond acceptors (Lipinski definition) is 5. The standard InChI is InChI=1S/C17H18Cl2N4O.2ClH/c1-23(2)7-4-6-20-17-16(15-5-3-8-24-15)21-13-9-11(18)12(19)10-14(13)22-17;;/h3,5,8-10H,4,6-7H2,1-2H3,(H,20,22);2*1H. The second-order valence-corrected chi connectivity index (χ2v) is 6.55. The topological polar surface area (TPSA) is 54.2 Å². The van der Waals surface area contributed by atoms with Crippen LogP contribution in [0.2, 0.25) is 10.0 Å². The molecule has 26 heavy (non-hydrogen) atoms. The Morgan fingerprint density at radius 1 is 1.08 bits per heavy atom. The lowest BCUT2D eigenvalue weighted by atomic mass is 10.2. The van der Waals surface area contributed by atoms with E-state index >= 15 is 0 Å². The number of nitrogens with zero attached hydrogens (tertiary/aromatic N) is 3. The first-order valence-electron chi connectivity index (χ1n) is 7.64. The summed E-state index contributed by atoms with van der Waals surface area (Å²) in [5, 5.41) is 4.26. The van der Waals surface area contributed by atoms with E-state index in [0.29, 0.717) is 38.4 Å². The molecule has 5 nitrogen and oxygen atoms in total. The molecule has 9 heteroatoms. The Kier molecular flexibility index (Phi) is 8.93. The van der Waals surface area contributed by atoms with Crippen molar-refractivity contribution in [3.63, 3.8) is 0 Å². The van der Waals surface area contributed by atoms with Gasteiger partial charge in [-0.3, -0.25) is 0 Å². The molecule has 142 valence electrons. The van der Waals surface area contributed by atoms with Crippen molar-refractivity contribution in [3.8, 4) is 11.5 Å². The van der Waals surface area contributed by atoms with E-state index in [1.807, 2.05) is 12.1 Å². The van der Waals surface area contributed by atoms with Crippen molar-refractivity contribution in [1.82, 2.24) is 14.9 Å². The highest BCUT2D eigenvalue weighted by molar-refractivity contribution is 6.42. The van der Waals surface area contributed by atoms with Gasteiger partial charge in [-0.25, -0.2) is 9.97 Å². The molecule has 1 aromatic carbocycles. The Hall–Kier alpha value is -1.24. The highest BCUT2D eigenvalue weighted by atomic mass is 35.5. The summed E-state index contributed by atoms with van der Waals surface area (Å²) in [6, 6.07) is 7.13. The van der Waals surface area contributed by atoms with Crippen molar-refractivity contribution >= 4 is 64.9 Å². The van der Waals surface area contributed by atoms with Crippen LogP contribution in [0.5, 0.6) is 0 Å². The summed E-state index contributed by atoms with van der Waals surface area (Å²) in [7, 11) is 4.10. The van der Waals surface area contributed by atoms with E-state index in [9.17, 15) is 0 Å². The lowest BCUT2D eigenvalue weighted by molar-refractivity contribution is 0.405. The van der Waals surface area contributed by atoms with Crippen molar-refractivity contribution in [2.24, 2.45) is 0 Å². The van der Waals surface area contributed by atoms with Crippen molar-refractivity contribution < 1.29 is 4.42 Å². The summed E-state index contributed by atoms with van der Waals surface area (Å²) in [6.07, 6.45) is 2.61. The maximum absolute atomic E-state index is 6.10. The molecule has 0 aliphatic heterocycles. The van der Waals surface area contributed by atoms with Gasteiger partial charge in [-0.2, -0.15) is 0 Å². The van der Waals surface area contributed by atoms with Gasteiger partial charge in [0.25, 0.3) is 0 Å². The number of nitrogens with one attached hydrogen (secondary N) is 1. The molecular formula is C17H20Cl4N4O. The quantitative estimate of drug-likeness (QED) is 0.523. The van der Waals surface area contributed by atoms with Gasteiger partial charge in [-0.1, -0.05) is 23.2 Å². The molecule has 2 heterocycles. The van der Waals surface area contributed by atoms with Crippen LogP contribution in [0, 0.1) is 0 Å². The summed E-state index contributed by atoms with van der Waals surface area (Å²) in [5.41, 5.74) is 2.03. The monoisotopic (exact) mass is 436 g/mol. The highest BCUT2D eigenvalue weighted by Gasteiger charge is 2.14. The molecule has 0 aliphatic carbocycles. The molecule has 3 aromatic rings. The Bertz CT molecular complexity index is 840. The first-order valence-corrected chi connectivity index (χ1v) is 8.39. The van der Waals surface area contributed by atoms with E-state index in [0.717, 1.165) is 19.5 Å². The largest absolute Gasteiger partial charge is 0.463 e. The lowest BCUT2D eigenvalue weighted by Gasteiger charge is -2.13. The van der Waals surface area contributed by atoms with E-state index in [1.165, 1.54) is 0 Å². The first kappa shape index (κ1) is 22.8. The van der Waals surface area contributed by atoms with Gasteiger partial charge >= 0.3 is 0 Å². The Morgan fingerprint density at radius 3 is 2.31 bits per heavy atom. The molecule has 0 atom stereocenters. The summed E-state index contributed by atoms with van der Waals surface area (Å²) < 4.78 is 5.50. The van der Waals surface area contributed by atoms with Crippen LogP contribution in [0.3, 0.4) is 0 Å². The van der Waals surface area contributed by atoms with E-state index in [2.05, 4.69) is 34.3 Å². The average Bonchev–Trinajstić information content (AvgIpc) is 3.06. The Labute approximate surface area is 174 Å². The van der Waals surface area contributed by atoms with Crippen LogP contribution in [0.25, 0.3) is 22.5 Å². The third-order valence-electron chi connectivity index (χ3n) is 3.54. The smallest absolute Gasteiger partial charge is 0.156 e. The van der Waals surface area contributed by atoms with Gasteiger partial charge in [0.05, 0.1) is 27.3 Å². The second-order valence-electron chi connectivity index (χ2n) is 5.74. The van der Waals surface area contributed by atoms with Crippen LogP contribution in [0.1, 0.15) is 6.42 Å². The number of hydrogen-bond donors (Lipinski definition) is 1. The fourth-order valence-corrected chi connectivity index (χ4v) is 2.68. The van der Waals surface area contributed by atoms with E-state index in [-0.39, 0.29) is 24.8 Å². The van der Waals surface area contributed by atoms with Crippen molar-refractivity contribution in [2.75, 3.05) is 32.5 Å². The minimum absolute atomic E-state index is 0. The zero-order valence-electron chi connectivity index (χ0n) is 14.3. The van der Waals surface area contributed by atoms with Crippen molar-refractivity contribution in [3.05, 3.63) is 40.6 Å². The summed E-state index contributed by atoms with van der Waals surface area (Å²) in [5.74, 6) is 1.33. The third-order valence-corrected chi connectivity index (χ3v) is 4.26. The summed E-state index contributed by atoms with van der Waals surface area (Å²) in [4.78, 5) is 11.5. The number of fused-ring (bicyclic) bond motifs is 1. The first-order chi connectivity index (χ1) is 11.5. The van der Waals surface area contributed by atoms with Crippen LogP contribution in [0.15, 0.2) is 34.9 Å². The summed E-state index contributed by atoms with van der Waals surface area (Å²) in [6.45, 7) is 1.78. The third kappa shape index (κ3) is 5.38. The molecule has 0 unspecified atom stereocenters. The summed E-state index contributed by atoms with van der Waals surface area (Å²) >= 11 is 12.2. The number of rotatable bonds is 6. The second kappa shape index (κ2) is 10.2. The number of halogens is 4. The lowest BCUT2D eigenvalue weighted by Crippen LogP contribution is -2.17. The van der Waals surface area contributed by atoms with Gasteiger partial charge in [0.2, 0.25) is 0 Å². The highest BCUT2D eigenvalue weighted by Crippen LogP contribution is 2.31. The van der Waals surface area contributed by atoms with Crippen LogP contribution in [0.4, 0.5) is 5.82 Å². The maximum atomic E-state index is 6.10. The van der Waals surface area contributed by atoms with Crippen LogP contribution in [-0.4, -0.2) is 42.1 Å². The van der Waals surface area contributed by atoms with Crippen LogP contribution < -0.4 is 5.32 Å². The van der Waals surface area contributed by atoms with Gasteiger partial charge in [0.1, 0.15) is 5.69 Å². The zero-order valence-corrected chi connectivity index (χ0v) is 17.5. The zero-order chi connectivity index (χ0) is 17.1. The number of benzene rings is 1. The van der Waals surface area contributed by atoms with Gasteiger partial charge in [-0.05, 0) is 51.3 Å². The molecule has 0 bridgehead atoms. The fourth-order valence-electron chi connectivity index (χ4n) is 2.36. The molecule has 0 radical (unpaired) electrons. The average molecular weight is 438 g/mol. The van der Waals surface area contributed by atoms with Gasteiger partial charge < -0.3 is 14.6 Å². The molecule has 0 fully saturated rings. The molecule has 1 N–H and O–H groups in total. The SMILES string of the molecule is CN(C)CCCNc1nc2cc(Cl)c(Cl)cc2nc1-c1ccco1.Cl.Cl. The minimum atomic E-state index is 0. The molecule has 2 aromatic heterocycles. The van der Waals surface area contributed by atoms with Gasteiger partial charge in [0, 0.05) is 6.54 Å². The molecule has 0 spiro atoms. The van der Waals surface area contributed by atoms with E-state index in [1.54, 1.807) is 18.4 Å². The molecule has 0 aliphatic rings. The van der Waals surface area contributed by atoms with Gasteiger partial charge in [-0.15, -0.1) is 24.8 Å².